The number of rotatable bonds is 6. The van der Waals surface area contributed by atoms with E-state index in [1.165, 1.54) is 12.1 Å². The van der Waals surface area contributed by atoms with Crippen LogP contribution in [0.25, 0.3) is 0 Å². The van der Waals surface area contributed by atoms with Gasteiger partial charge in [0, 0.05) is 44.8 Å². The Labute approximate surface area is 166 Å². The SMILES string of the molecule is CNCCC(=O)N1CCN(C(C)C(=O)Nc2cccc(F)c2)CC1.Cl.Cl. The summed E-state index contributed by atoms with van der Waals surface area (Å²) in [6.07, 6.45) is 0.492. The molecule has 1 saturated heterocycles. The highest BCUT2D eigenvalue weighted by atomic mass is 35.5. The first-order chi connectivity index (χ1) is 11.5. The molecular weight excluding hydrogens is 382 g/mol. The van der Waals surface area contributed by atoms with E-state index >= 15 is 0 Å². The summed E-state index contributed by atoms with van der Waals surface area (Å²) in [5.74, 6) is -0.412. The number of nitrogens with one attached hydrogen (secondary N) is 2. The number of hydrogen-bond donors (Lipinski definition) is 2. The first-order valence-corrected chi connectivity index (χ1v) is 8.24. The average molecular weight is 409 g/mol. The Balaban J connectivity index is 0.00000312. The van der Waals surface area contributed by atoms with Crippen molar-refractivity contribution < 1.29 is 14.0 Å². The van der Waals surface area contributed by atoms with E-state index in [-0.39, 0.29) is 48.5 Å². The summed E-state index contributed by atoms with van der Waals surface area (Å²) in [6, 6.07) is 5.52. The summed E-state index contributed by atoms with van der Waals surface area (Å²) in [5.41, 5.74) is 0.452. The number of hydrogen-bond acceptors (Lipinski definition) is 4. The van der Waals surface area contributed by atoms with Gasteiger partial charge in [-0.05, 0) is 32.2 Å². The van der Waals surface area contributed by atoms with Crippen molar-refractivity contribution in [2.45, 2.75) is 19.4 Å². The summed E-state index contributed by atoms with van der Waals surface area (Å²) >= 11 is 0. The van der Waals surface area contributed by atoms with Gasteiger partial charge >= 0.3 is 0 Å². The van der Waals surface area contributed by atoms with Crippen LogP contribution in [0.5, 0.6) is 0 Å². The number of carbonyl (C=O) groups excluding carboxylic acids is 2. The molecular formula is C17H27Cl2FN4O2. The van der Waals surface area contributed by atoms with Gasteiger partial charge in [-0.15, -0.1) is 24.8 Å². The third-order valence-electron chi connectivity index (χ3n) is 4.28. The lowest BCUT2D eigenvalue weighted by Gasteiger charge is -2.37. The van der Waals surface area contributed by atoms with E-state index < -0.39 is 0 Å². The second-order valence-corrected chi connectivity index (χ2v) is 5.95. The van der Waals surface area contributed by atoms with Crippen LogP contribution in [-0.2, 0) is 9.59 Å². The standard InChI is InChI=1S/C17H25FN4O2.2ClH/c1-13(17(24)20-15-5-3-4-14(18)12-15)21-8-10-22(11-9-21)16(23)6-7-19-2;;/h3-5,12-13,19H,6-11H2,1-2H3,(H,20,24);2*1H. The summed E-state index contributed by atoms with van der Waals surface area (Å²) in [4.78, 5) is 28.2. The van der Waals surface area contributed by atoms with Crippen LogP contribution in [0.3, 0.4) is 0 Å². The molecule has 1 aromatic rings. The fraction of sp³-hybridized carbons (Fsp3) is 0.529. The van der Waals surface area contributed by atoms with E-state index in [4.69, 9.17) is 0 Å². The minimum absolute atomic E-state index is 0. The van der Waals surface area contributed by atoms with Crippen LogP contribution in [0.2, 0.25) is 0 Å². The van der Waals surface area contributed by atoms with E-state index in [9.17, 15) is 14.0 Å². The van der Waals surface area contributed by atoms with Gasteiger partial charge in [0.15, 0.2) is 0 Å². The molecule has 1 aromatic carbocycles. The van der Waals surface area contributed by atoms with Gasteiger partial charge in [-0.2, -0.15) is 0 Å². The zero-order valence-corrected chi connectivity index (χ0v) is 16.7. The maximum absolute atomic E-state index is 13.2. The molecule has 2 N–H and O–H groups in total. The Morgan fingerprint density at radius 2 is 1.85 bits per heavy atom. The topological polar surface area (TPSA) is 64.7 Å². The van der Waals surface area contributed by atoms with Crippen LogP contribution < -0.4 is 10.6 Å². The van der Waals surface area contributed by atoms with Crippen molar-refractivity contribution in [3.63, 3.8) is 0 Å². The van der Waals surface area contributed by atoms with Crippen molar-refractivity contribution in [2.75, 3.05) is 45.1 Å². The van der Waals surface area contributed by atoms with E-state index in [1.54, 1.807) is 12.1 Å². The number of anilines is 1. The predicted octanol–water partition coefficient (Wildman–Crippen LogP) is 1.75. The van der Waals surface area contributed by atoms with Gasteiger partial charge in [-0.25, -0.2) is 4.39 Å². The smallest absolute Gasteiger partial charge is 0.241 e. The summed E-state index contributed by atoms with van der Waals surface area (Å²) in [5, 5.41) is 5.70. The molecule has 1 heterocycles. The summed E-state index contributed by atoms with van der Waals surface area (Å²) in [7, 11) is 1.82. The van der Waals surface area contributed by atoms with Crippen LogP contribution in [0.1, 0.15) is 13.3 Å². The molecule has 0 bridgehead atoms. The van der Waals surface area contributed by atoms with Crippen molar-refractivity contribution in [2.24, 2.45) is 0 Å². The molecule has 26 heavy (non-hydrogen) atoms. The molecule has 148 valence electrons. The molecule has 0 saturated carbocycles. The number of piperazine rings is 1. The van der Waals surface area contributed by atoms with Gasteiger partial charge in [0.05, 0.1) is 6.04 Å². The lowest BCUT2D eigenvalue weighted by molar-refractivity contribution is -0.133. The van der Waals surface area contributed by atoms with Gasteiger partial charge in [0.1, 0.15) is 5.82 Å². The molecule has 6 nitrogen and oxygen atoms in total. The second-order valence-electron chi connectivity index (χ2n) is 5.95. The zero-order valence-electron chi connectivity index (χ0n) is 15.0. The Morgan fingerprint density at radius 3 is 2.42 bits per heavy atom. The molecule has 1 unspecified atom stereocenters. The van der Waals surface area contributed by atoms with Crippen LogP contribution in [0.15, 0.2) is 24.3 Å². The van der Waals surface area contributed by atoms with Gasteiger partial charge in [-0.3, -0.25) is 14.5 Å². The minimum atomic E-state index is -0.380. The Bertz CT molecular complexity index is 584. The van der Waals surface area contributed by atoms with Crippen LogP contribution in [0, 0.1) is 5.82 Å². The molecule has 1 aliphatic rings. The van der Waals surface area contributed by atoms with Crippen molar-refractivity contribution in [3.8, 4) is 0 Å². The molecule has 2 rings (SSSR count). The Morgan fingerprint density at radius 1 is 1.19 bits per heavy atom. The fourth-order valence-electron chi connectivity index (χ4n) is 2.73. The molecule has 0 aromatic heterocycles. The minimum Gasteiger partial charge on any atom is -0.340 e. The largest absolute Gasteiger partial charge is 0.340 e. The molecule has 9 heteroatoms. The molecule has 0 spiro atoms. The van der Waals surface area contributed by atoms with E-state index in [1.807, 2.05) is 23.8 Å². The number of halogens is 3. The first-order valence-electron chi connectivity index (χ1n) is 8.24. The highest BCUT2D eigenvalue weighted by Crippen LogP contribution is 2.12. The molecule has 2 amide bonds. The lowest BCUT2D eigenvalue weighted by atomic mass is 10.2. The first kappa shape index (κ1) is 24.6. The maximum Gasteiger partial charge on any atom is 0.241 e. The highest BCUT2D eigenvalue weighted by molar-refractivity contribution is 5.94. The van der Waals surface area contributed by atoms with Gasteiger partial charge in [-0.1, -0.05) is 6.07 Å². The number of benzene rings is 1. The molecule has 1 atom stereocenters. The molecule has 1 aliphatic heterocycles. The molecule has 0 radical (unpaired) electrons. The predicted molar refractivity (Wildman–Crippen MR) is 106 cm³/mol. The van der Waals surface area contributed by atoms with Crippen molar-refractivity contribution in [3.05, 3.63) is 30.1 Å². The van der Waals surface area contributed by atoms with Crippen LogP contribution >= 0.6 is 24.8 Å². The van der Waals surface area contributed by atoms with Gasteiger partial charge in [0.2, 0.25) is 11.8 Å². The third-order valence-corrected chi connectivity index (χ3v) is 4.28. The van der Waals surface area contributed by atoms with Gasteiger partial charge < -0.3 is 15.5 Å². The number of nitrogens with zero attached hydrogens (tertiary/aromatic N) is 2. The van der Waals surface area contributed by atoms with E-state index in [0.29, 0.717) is 44.8 Å². The number of amides is 2. The molecule has 1 fully saturated rings. The lowest BCUT2D eigenvalue weighted by Crippen LogP contribution is -2.54. The van der Waals surface area contributed by atoms with Crippen LogP contribution in [-0.4, -0.2) is 67.4 Å². The average Bonchev–Trinajstić information content (AvgIpc) is 2.59. The van der Waals surface area contributed by atoms with Crippen LogP contribution in [0.4, 0.5) is 10.1 Å². The van der Waals surface area contributed by atoms with E-state index in [0.717, 1.165) is 0 Å². The van der Waals surface area contributed by atoms with Gasteiger partial charge in [0.25, 0.3) is 0 Å². The quantitative estimate of drug-likeness (QED) is 0.752. The highest BCUT2D eigenvalue weighted by Gasteiger charge is 2.27. The fourth-order valence-corrected chi connectivity index (χ4v) is 2.73. The third kappa shape index (κ3) is 7.07. The summed E-state index contributed by atoms with van der Waals surface area (Å²) < 4.78 is 13.2. The Kier molecular flexibility index (Phi) is 11.4. The maximum atomic E-state index is 13.2. The second kappa shape index (κ2) is 12.1. The monoisotopic (exact) mass is 408 g/mol. The van der Waals surface area contributed by atoms with E-state index in [2.05, 4.69) is 10.6 Å². The van der Waals surface area contributed by atoms with Crippen molar-refractivity contribution >= 4 is 42.3 Å². The van der Waals surface area contributed by atoms with Crippen molar-refractivity contribution in [1.82, 2.24) is 15.1 Å². The zero-order chi connectivity index (χ0) is 17.5. The van der Waals surface area contributed by atoms with Crippen molar-refractivity contribution in [1.29, 1.82) is 0 Å². The Hall–Kier alpha value is -1.41. The normalized spacial score (nSPS) is 15.4. The molecule has 0 aliphatic carbocycles. The summed E-state index contributed by atoms with van der Waals surface area (Å²) in [6.45, 7) is 5.06. The number of carbonyl (C=O) groups is 2.